The highest BCUT2D eigenvalue weighted by Crippen LogP contribution is 2.17. The van der Waals surface area contributed by atoms with E-state index in [1.54, 1.807) is 17.1 Å². The van der Waals surface area contributed by atoms with Crippen LogP contribution in [-0.2, 0) is 9.59 Å². The van der Waals surface area contributed by atoms with Crippen LogP contribution in [-0.4, -0.2) is 35.4 Å². The summed E-state index contributed by atoms with van der Waals surface area (Å²) >= 11 is 0. The van der Waals surface area contributed by atoms with Crippen LogP contribution >= 0.6 is 0 Å². The third-order valence-corrected chi connectivity index (χ3v) is 11.3. The maximum absolute atomic E-state index is 12.9. The average Bonchev–Trinajstić information content (AvgIpc) is 3.13. The Bertz CT molecular complexity index is 710. The molecule has 0 saturated carbocycles. The molecular formula is C47H94N2O2. The van der Waals surface area contributed by atoms with E-state index in [-0.39, 0.29) is 11.8 Å². The summed E-state index contributed by atoms with van der Waals surface area (Å²) in [6.07, 6.45) is 52.7. The minimum atomic E-state index is 0.0883. The van der Waals surface area contributed by atoms with Gasteiger partial charge in [0.25, 0.3) is 0 Å². The van der Waals surface area contributed by atoms with Crippen molar-refractivity contribution in [3.63, 3.8) is 0 Å². The van der Waals surface area contributed by atoms with E-state index < -0.39 is 0 Å². The van der Waals surface area contributed by atoms with E-state index in [9.17, 15) is 9.59 Å². The van der Waals surface area contributed by atoms with Crippen molar-refractivity contribution >= 4 is 11.8 Å². The second kappa shape index (κ2) is 41.7. The van der Waals surface area contributed by atoms with E-state index in [4.69, 9.17) is 0 Å². The van der Waals surface area contributed by atoms with Crippen LogP contribution < -0.4 is 0 Å². The van der Waals surface area contributed by atoms with E-state index >= 15 is 0 Å². The Labute approximate surface area is 321 Å². The molecule has 0 heterocycles. The molecule has 2 amide bonds. The zero-order valence-electron chi connectivity index (χ0n) is 35.7. The molecule has 0 aliphatic carbocycles. The standard InChI is InChI=1S/C47H94N2O2/c1-5-8-10-12-14-16-18-20-22-24-26-28-30-32-34-36-38-40-42-44-46(50)48(4)49(7-3)47(51)45-43-41-39-37-35-33-31-29-27-25-23-21-19-17-15-13-11-9-6-2/h5-45H2,1-4H3. The van der Waals surface area contributed by atoms with Crippen molar-refractivity contribution in [2.75, 3.05) is 13.6 Å². The van der Waals surface area contributed by atoms with Crippen molar-refractivity contribution in [1.82, 2.24) is 10.0 Å². The molecule has 0 aromatic rings. The molecule has 0 radical (unpaired) electrons. The van der Waals surface area contributed by atoms with E-state index in [0.29, 0.717) is 19.4 Å². The van der Waals surface area contributed by atoms with Crippen LogP contribution in [0.1, 0.15) is 278 Å². The zero-order valence-corrected chi connectivity index (χ0v) is 35.7. The van der Waals surface area contributed by atoms with E-state index in [1.807, 2.05) is 6.92 Å². The summed E-state index contributed by atoms with van der Waals surface area (Å²) in [5.74, 6) is 0.193. The molecule has 0 bridgehead atoms. The summed E-state index contributed by atoms with van der Waals surface area (Å²) in [4.78, 5) is 25.7. The van der Waals surface area contributed by atoms with Crippen LogP contribution in [0.15, 0.2) is 0 Å². The van der Waals surface area contributed by atoms with Crippen LogP contribution in [0.5, 0.6) is 0 Å². The van der Waals surface area contributed by atoms with Crippen molar-refractivity contribution in [2.24, 2.45) is 0 Å². The maximum atomic E-state index is 12.9. The molecule has 0 aliphatic rings. The van der Waals surface area contributed by atoms with Gasteiger partial charge in [0, 0.05) is 26.4 Å². The summed E-state index contributed by atoms with van der Waals surface area (Å²) in [5, 5.41) is 3.28. The first-order chi connectivity index (χ1) is 25.1. The fourth-order valence-electron chi connectivity index (χ4n) is 7.69. The molecule has 51 heavy (non-hydrogen) atoms. The molecule has 0 N–H and O–H groups in total. The predicted octanol–water partition coefficient (Wildman–Crippen LogP) is 15.9. The number of hydrogen-bond acceptors (Lipinski definition) is 2. The monoisotopic (exact) mass is 719 g/mol. The summed E-state index contributed by atoms with van der Waals surface area (Å²) in [6.45, 7) is 7.14. The van der Waals surface area contributed by atoms with Crippen LogP contribution in [0.3, 0.4) is 0 Å². The third-order valence-electron chi connectivity index (χ3n) is 11.3. The molecule has 0 fully saturated rings. The number of carbonyl (C=O) groups is 2. The van der Waals surface area contributed by atoms with Gasteiger partial charge in [0.15, 0.2) is 0 Å². The molecule has 4 heteroatoms. The molecule has 0 spiro atoms. The largest absolute Gasteiger partial charge is 0.273 e. The fourth-order valence-corrected chi connectivity index (χ4v) is 7.69. The summed E-state index contributed by atoms with van der Waals surface area (Å²) < 4.78 is 0. The number of rotatable bonds is 41. The molecule has 0 aromatic heterocycles. The number of hydrogen-bond donors (Lipinski definition) is 0. The van der Waals surface area contributed by atoms with Crippen LogP contribution in [0.4, 0.5) is 0 Å². The van der Waals surface area contributed by atoms with Gasteiger partial charge in [0.2, 0.25) is 11.8 Å². The Balaban J connectivity index is 3.57. The number of carbonyl (C=O) groups excluding carboxylic acids is 2. The number of hydrazine groups is 1. The lowest BCUT2D eigenvalue weighted by molar-refractivity contribution is -0.160. The Morgan fingerprint density at radius 1 is 0.294 bits per heavy atom. The molecule has 304 valence electrons. The Kier molecular flexibility index (Phi) is 40.8. The van der Waals surface area contributed by atoms with Gasteiger partial charge in [-0.15, -0.1) is 0 Å². The van der Waals surface area contributed by atoms with Gasteiger partial charge >= 0.3 is 0 Å². The minimum Gasteiger partial charge on any atom is -0.273 e. The van der Waals surface area contributed by atoms with Crippen LogP contribution in [0.25, 0.3) is 0 Å². The van der Waals surface area contributed by atoms with Gasteiger partial charge in [-0.1, -0.05) is 245 Å². The number of unbranched alkanes of at least 4 members (excludes halogenated alkanes) is 36. The highest BCUT2D eigenvalue weighted by molar-refractivity contribution is 5.82. The first-order valence-corrected chi connectivity index (χ1v) is 23.6. The summed E-state index contributed by atoms with van der Waals surface area (Å²) in [5.41, 5.74) is 0. The topological polar surface area (TPSA) is 40.6 Å². The first kappa shape index (κ1) is 49.9. The molecule has 0 atom stereocenters. The lowest BCUT2D eigenvalue weighted by Crippen LogP contribution is -2.47. The van der Waals surface area contributed by atoms with Crippen molar-refractivity contribution in [1.29, 1.82) is 0 Å². The molecule has 4 nitrogen and oxygen atoms in total. The van der Waals surface area contributed by atoms with Crippen molar-refractivity contribution in [3.8, 4) is 0 Å². The lowest BCUT2D eigenvalue weighted by atomic mass is 10.0. The number of nitrogens with zero attached hydrogens (tertiary/aromatic N) is 2. The molecule has 0 saturated heterocycles. The number of amides is 2. The second-order valence-electron chi connectivity index (χ2n) is 16.3. The highest BCUT2D eigenvalue weighted by Gasteiger charge is 2.20. The van der Waals surface area contributed by atoms with Crippen LogP contribution in [0.2, 0.25) is 0 Å². The van der Waals surface area contributed by atoms with Crippen LogP contribution in [0, 0.1) is 0 Å². The Hall–Kier alpha value is -1.06. The fraction of sp³-hybridized carbons (Fsp3) is 0.957. The van der Waals surface area contributed by atoms with Crippen molar-refractivity contribution in [2.45, 2.75) is 278 Å². The van der Waals surface area contributed by atoms with Gasteiger partial charge in [-0.25, -0.2) is 0 Å². The Morgan fingerprint density at radius 3 is 0.706 bits per heavy atom. The highest BCUT2D eigenvalue weighted by atomic mass is 16.2. The van der Waals surface area contributed by atoms with Crippen molar-refractivity contribution < 1.29 is 9.59 Å². The van der Waals surface area contributed by atoms with Gasteiger partial charge in [-0.2, -0.15) is 0 Å². The SMILES string of the molecule is CCCCCCCCCCCCCCCCCCCCCC(=O)N(C)N(CC)C(=O)CCCCCCCCCCCCCCCCCCCCC. The van der Waals surface area contributed by atoms with Crippen molar-refractivity contribution in [3.05, 3.63) is 0 Å². The quantitative estimate of drug-likeness (QED) is 0.0466. The van der Waals surface area contributed by atoms with E-state index in [0.717, 1.165) is 25.7 Å². The molecule has 0 aliphatic heterocycles. The first-order valence-electron chi connectivity index (χ1n) is 23.6. The molecular weight excluding hydrogens is 625 g/mol. The smallest absolute Gasteiger partial charge is 0.241 e. The molecule has 0 rings (SSSR count). The van der Waals surface area contributed by atoms with E-state index in [1.165, 1.54) is 218 Å². The minimum absolute atomic E-state index is 0.0883. The van der Waals surface area contributed by atoms with Gasteiger partial charge in [0.1, 0.15) is 0 Å². The van der Waals surface area contributed by atoms with Gasteiger partial charge < -0.3 is 0 Å². The van der Waals surface area contributed by atoms with E-state index in [2.05, 4.69) is 13.8 Å². The Morgan fingerprint density at radius 2 is 0.490 bits per heavy atom. The van der Waals surface area contributed by atoms with Gasteiger partial charge in [-0.05, 0) is 19.8 Å². The molecule has 0 aromatic carbocycles. The maximum Gasteiger partial charge on any atom is 0.241 e. The lowest BCUT2D eigenvalue weighted by Gasteiger charge is -2.31. The van der Waals surface area contributed by atoms with Gasteiger partial charge in [-0.3, -0.25) is 19.6 Å². The zero-order chi connectivity index (χ0) is 37.3. The third kappa shape index (κ3) is 35.7. The normalized spacial score (nSPS) is 11.4. The van der Waals surface area contributed by atoms with Gasteiger partial charge in [0.05, 0.1) is 0 Å². The second-order valence-corrected chi connectivity index (χ2v) is 16.3. The summed E-state index contributed by atoms with van der Waals surface area (Å²) in [6, 6.07) is 0. The average molecular weight is 719 g/mol. The summed E-state index contributed by atoms with van der Waals surface area (Å²) in [7, 11) is 1.79. The predicted molar refractivity (Wildman–Crippen MR) is 226 cm³/mol. The molecule has 0 unspecified atom stereocenters.